The highest BCUT2D eigenvalue weighted by molar-refractivity contribution is 6.01. The second-order valence-electron chi connectivity index (χ2n) is 8.55. The zero-order chi connectivity index (χ0) is 23.1. The summed E-state index contributed by atoms with van der Waals surface area (Å²) >= 11 is 0. The van der Waals surface area contributed by atoms with Crippen LogP contribution in [0.15, 0.2) is 35.4 Å². The van der Waals surface area contributed by atoms with E-state index in [0.717, 1.165) is 18.8 Å². The number of carbonyl (C=O) groups is 3. The highest BCUT2D eigenvalue weighted by Gasteiger charge is 2.31. The van der Waals surface area contributed by atoms with Crippen molar-refractivity contribution in [2.45, 2.75) is 51.6 Å². The number of aromatic nitrogens is 4. The maximum Gasteiger partial charge on any atom is 0.262 e. The van der Waals surface area contributed by atoms with E-state index >= 15 is 0 Å². The number of benzene rings is 1. The van der Waals surface area contributed by atoms with Crippen LogP contribution < -0.4 is 16.2 Å². The second-order valence-corrected chi connectivity index (χ2v) is 8.55. The van der Waals surface area contributed by atoms with Gasteiger partial charge in [-0.05, 0) is 38.3 Å². The molecule has 0 saturated carbocycles. The SMILES string of the molecule is Cc1nc2c(NC(=O)C3CCc4nccn4CC3)cccc2c(=O)n1C1CCC(=O)NC1=O. The van der Waals surface area contributed by atoms with E-state index in [0.29, 0.717) is 35.3 Å². The van der Waals surface area contributed by atoms with Crippen molar-refractivity contribution in [1.29, 1.82) is 0 Å². The smallest absolute Gasteiger partial charge is 0.262 e. The maximum atomic E-state index is 13.3. The third-order valence-electron chi connectivity index (χ3n) is 6.49. The minimum atomic E-state index is -0.789. The molecule has 0 bridgehead atoms. The van der Waals surface area contributed by atoms with Crippen LogP contribution in [0, 0.1) is 12.8 Å². The van der Waals surface area contributed by atoms with Crippen molar-refractivity contribution in [3.05, 3.63) is 52.6 Å². The highest BCUT2D eigenvalue weighted by atomic mass is 16.2. The lowest BCUT2D eigenvalue weighted by Crippen LogP contribution is -2.45. The van der Waals surface area contributed by atoms with E-state index in [-0.39, 0.29) is 36.1 Å². The van der Waals surface area contributed by atoms with E-state index < -0.39 is 11.9 Å². The molecule has 0 aliphatic carbocycles. The number of fused-ring (bicyclic) bond motifs is 2. The molecule has 1 aromatic carbocycles. The van der Waals surface area contributed by atoms with Crippen molar-refractivity contribution in [2.75, 3.05) is 5.32 Å². The lowest BCUT2D eigenvalue weighted by atomic mass is 9.99. The first-order valence-electron chi connectivity index (χ1n) is 11.1. The Bertz CT molecular complexity index is 1320. The predicted octanol–water partition coefficient (Wildman–Crippen LogP) is 1.47. The van der Waals surface area contributed by atoms with Crippen LogP contribution in [0.3, 0.4) is 0 Å². The minimum absolute atomic E-state index is 0.109. The van der Waals surface area contributed by atoms with Crippen LogP contribution in [0.25, 0.3) is 10.9 Å². The summed E-state index contributed by atoms with van der Waals surface area (Å²) in [5.74, 6) is 0.206. The molecule has 4 heterocycles. The monoisotopic (exact) mass is 448 g/mol. The maximum absolute atomic E-state index is 13.3. The molecule has 2 aliphatic rings. The number of nitrogens with zero attached hydrogens (tertiary/aromatic N) is 4. The minimum Gasteiger partial charge on any atom is -0.335 e. The Balaban J connectivity index is 1.43. The van der Waals surface area contributed by atoms with Gasteiger partial charge in [-0.1, -0.05) is 6.07 Å². The van der Waals surface area contributed by atoms with Gasteiger partial charge >= 0.3 is 0 Å². The van der Waals surface area contributed by atoms with Gasteiger partial charge in [0.1, 0.15) is 23.2 Å². The van der Waals surface area contributed by atoms with Crippen molar-refractivity contribution in [3.63, 3.8) is 0 Å². The van der Waals surface area contributed by atoms with Gasteiger partial charge in [-0.3, -0.25) is 29.1 Å². The lowest BCUT2D eigenvalue weighted by molar-refractivity contribution is -0.135. The number of anilines is 1. The standard InChI is InChI=1S/C23H24N6O4/c1-13-25-20-15(23(33)29(13)17-6-8-19(30)27-22(17)32)3-2-4-16(20)26-21(31)14-5-7-18-24-10-12-28(18)11-9-14/h2-4,10,12,14,17H,5-9,11H2,1H3,(H,26,31)(H,27,30,32). The number of nitrogens with one attached hydrogen (secondary N) is 2. The highest BCUT2D eigenvalue weighted by Crippen LogP contribution is 2.26. The van der Waals surface area contributed by atoms with Gasteiger partial charge in [-0.2, -0.15) is 0 Å². The van der Waals surface area contributed by atoms with Gasteiger partial charge in [0, 0.05) is 37.7 Å². The van der Waals surface area contributed by atoms with Crippen LogP contribution in [-0.2, 0) is 27.3 Å². The van der Waals surface area contributed by atoms with Crippen molar-refractivity contribution in [2.24, 2.45) is 5.92 Å². The van der Waals surface area contributed by atoms with E-state index in [9.17, 15) is 19.2 Å². The summed E-state index contributed by atoms with van der Waals surface area (Å²) in [7, 11) is 0. The largest absolute Gasteiger partial charge is 0.335 e. The van der Waals surface area contributed by atoms with Gasteiger partial charge in [0.2, 0.25) is 17.7 Å². The van der Waals surface area contributed by atoms with Crippen LogP contribution >= 0.6 is 0 Å². The summed E-state index contributed by atoms with van der Waals surface area (Å²) in [5.41, 5.74) is 0.483. The first kappa shape index (κ1) is 21.0. The Kier molecular flexibility index (Phi) is 5.27. The first-order valence-corrected chi connectivity index (χ1v) is 11.1. The molecular formula is C23H24N6O4. The molecule has 0 spiro atoms. The number of hydrogen-bond acceptors (Lipinski definition) is 6. The Morgan fingerprint density at radius 2 is 2.00 bits per heavy atom. The van der Waals surface area contributed by atoms with Gasteiger partial charge in [0.05, 0.1) is 11.1 Å². The summed E-state index contributed by atoms with van der Waals surface area (Å²) in [6, 6.07) is 4.26. The molecule has 3 aromatic rings. The molecular weight excluding hydrogens is 424 g/mol. The fourth-order valence-corrected chi connectivity index (χ4v) is 4.74. The van der Waals surface area contributed by atoms with Crippen LogP contribution in [0.5, 0.6) is 0 Å². The van der Waals surface area contributed by atoms with Crippen LogP contribution in [0.2, 0.25) is 0 Å². The number of rotatable bonds is 3. The molecule has 2 aromatic heterocycles. The van der Waals surface area contributed by atoms with Gasteiger partial charge in [0.15, 0.2) is 0 Å². The van der Waals surface area contributed by atoms with Crippen LogP contribution in [0.4, 0.5) is 5.69 Å². The summed E-state index contributed by atoms with van der Waals surface area (Å²) in [6.45, 7) is 2.38. The van der Waals surface area contributed by atoms with Crippen molar-refractivity contribution < 1.29 is 14.4 Å². The summed E-state index contributed by atoms with van der Waals surface area (Å²) in [4.78, 5) is 59.1. The van der Waals surface area contributed by atoms with E-state index in [1.165, 1.54) is 4.57 Å². The number of imide groups is 1. The fourth-order valence-electron chi connectivity index (χ4n) is 4.74. The topological polar surface area (TPSA) is 128 Å². The average molecular weight is 448 g/mol. The zero-order valence-corrected chi connectivity index (χ0v) is 18.2. The Labute approximate surface area is 189 Å². The van der Waals surface area contributed by atoms with E-state index in [4.69, 9.17) is 0 Å². The number of aryl methyl sites for hydroxylation is 3. The molecule has 1 fully saturated rings. The van der Waals surface area contributed by atoms with Gasteiger partial charge in [0.25, 0.3) is 5.56 Å². The van der Waals surface area contributed by atoms with E-state index in [1.54, 1.807) is 31.3 Å². The second kappa shape index (κ2) is 8.27. The molecule has 10 nitrogen and oxygen atoms in total. The Morgan fingerprint density at radius 1 is 1.15 bits per heavy atom. The molecule has 3 amide bonds. The predicted molar refractivity (Wildman–Crippen MR) is 119 cm³/mol. The summed E-state index contributed by atoms with van der Waals surface area (Å²) < 4.78 is 3.41. The molecule has 0 radical (unpaired) electrons. The van der Waals surface area contributed by atoms with Gasteiger partial charge in [-0.15, -0.1) is 0 Å². The van der Waals surface area contributed by atoms with E-state index in [2.05, 4.69) is 25.2 Å². The number of piperidine rings is 1. The normalized spacial score (nSPS) is 20.8. The molecule has 2 aliphatic heterocycles. The Hall–Kier alpha value is -3.82. The Morgan fingerprint density at radius 3 is 2.82 bits per heavy atom. The quantitative estimate of drug-likeness (QED) is 0.584. The van der Waals surface area contributed by atoms with Crippen molar-refractivity contribution >= 4 is 34.3 Å². The molecule has 170 valence electrons. The number of amides is 3. The molecule has 33 heavy (non-hydrogen) atoms. The molecule has 2 unspecified atom stereocenters. The zero-order valence-electron chi connectivity index (χ0n) is 18.2. The molecule has 2 atom stereocenters. The van der Waals surface area contributed by atoms with Crippen LogP contribution in [0.1, 0.15) is 43.4 Å². The van der Waals surface area contributed by atoms with Gasteiger partial charge in [-0.25, -0.2) is 9.97 Å². The van der Waals surface area contributed by atoms with Crippen molar-refractivity contribution in [3.8, 4) is 0 Å². The lowest BCUT2D eigenvalue weighted by Gasteiger charge is -2.24. The average Bonchev–Trinajstić information content (AvgIpc) is 3.13. The number of hydrogen-bond donors (Lipinski definition) is 2. The van der Waals surface area contributed by atoms with Crippen LogP contribution in [-0.4, -0.2) is 36.8 Å². The van der Waals surface area contributed by atoms with Gasteiger partial charge < -0.3 is 9.88 Å². The molecule has 5 rings (SSSR count). The molecule has 10 heteroatoms. The number of imidazole rings is 1. The van der Waals surface area contributed by atoms with Crippen molar-refractivity contribution in [1.82, 2.24) is 24.4 Å². The molecule has 2 N–H and O–H groups in total. The third-order valence-corrected chi connectivity index (χ3v) is 6.49. The third kappa shape index (κ3) is 3.81. The summed E-state index contributed by atoms with van der Waals surface area (Å²) in [6.07, 6.45) is 6.25. The summed E-state index contributed by atoms with van der Waals surface area (Å²) in [5, 5.41) is 5.56. The van der Waals surface area contributed by atoms with E-state index in [1.807, 2.05) is 6.20 Å². The number of carbonyl (C=O) groups excluding carboxylic acids is 3. The first-order chi connectivity index (χ1) is 15.9. The fraction of sp³-hybridized carbons (Fsp3) is 0.391. The number of para-hydroxylation sites is 1. The molecule has 1 saturated heterocycles.